The van der Waals surface area contributed by atoms with Crippen LogP contribution in [0.1, 0.15) is 57.4 Å². The molecule has 0 heterocycles. The zero-order valence-electron chi connectivity index (χ0n) is 12.6. The number of amides is 1. The van der Waals surface area contributed by atoms with Gasteiger partial charge in [-0.2, -0.15) is 0 Å². The monoisotopic (exact) mass is 275 g/mol. The van der Waals surface area contributed by atoms with Crippen molar-refractivity contribution in [3.8, 4) is 0 Å². The fourth-order valence-electron chi connectivity index (χ4n) is 2.02. The zero-order chi connectivity index (χ0) is 14.8. The van der Waals surface area contributed by atoms with Crippen LogP contribution in [0.25, 0.3) is 0 Å². The average molecular weight is 275 g/mol. The van der Waals surface area contributed by atoms with Gasteiger partial charge in [-0.15, -0.1) is 0 Å². The van der Waals surface area contributed by atoms with Crippen molar-refractivity contribution in [1.29, 1.82) is 0 Å². The molecule has 0 saturated carbocycles. The summed E-state index contributed by atoms with van der Waals surface area (Å²) in [6.45, 7) is 4.16. The Labute approximate surface area is 121 Å². The van der Waals surface area contributed by atoms with Crippen LogP contribution >= 0.6 is 0 Å². The second-order valence-electron chi connectivity index (χ2n) is 5.26. The second-order valence-corrected chi connectivity index (χ2v) is 5.26. The van der Waals surface area contributed by atoms with Crippen LogP contribution in [0.3, 0.4) is 0 Å². The van der Waals surface area contributed by atoms with E-state index in [0.29, 0.717) is 12.1 Å². The number of carbonyl (C=O) groups excluding carboxylic acids is 2. The number of rotatable bonds is 9. The first-order valence-electron chi connectivity index (χ1n) is 7.54. The van der Waals surface area contributed by atoms with Crippen LogP contribution in [-0.2, 0) is 9.59 Å². The van der Waals surface area contributed by atoms with Crippen molar-refractivity contribution in [2.24, 2.45) is 0 Å². The SMILES string of the molecule is CCCCCCCCC(=O)C(=O)Nc1ccc(C)cc1. The molecule has 1 amide bonds. The number of aryl methyl sites for hydroxylation is 1. The number of benzene rings is 1. The van der Waals surface area contributed by atoms with E-state index >= 15 is 0 Å². The molecule has 0 radical (unpaired) electrons. The minimum Gasteiger partial charge on any atom is -0.319 e. The molecule has 1 aromatic rings. The van der Waals surface area contributed by atoms with Gasteiger partial charge in [0.25, 0.3) is 5.91 Å². The van der Waals surface area contributed by atoms with Crippen molar-refractivity contribution in [2.75, 3.05) is 5.32 Å². The summed E-state index contributed by atoms with van der Waals surface area (Å²) in [6, 6.07) is 7.44. The fourth-order valence-corrected chi connectivity index (χ4v) is 2.02. The summed E-state index contributed by atoms with van der Waals surface area (Å²) in [5, 5.41) is 2.64. The highest BCUT2D eigenvalue weighted by molar-refractivity contribution is 6.40. The maximum Gasteiger partial charge on any atom is 0.291 e. The van der Waals surface area contributed by atoms with Gasteiger partial charge >= 0.3 is 0 Å². The topological polar surface area (TPSA) is 46.2 Å². The first kappa shape index (κ1) is 16.4. The molecule has 0 saturated heterocycles. The molecule has 0 unspecified atom stereocenters. The van der Waals surface area contributed by atoms with E-state index in [1.807, 2.05) is 31.2 Å². The summed E-state index contributed by atoms with van der Waals surface area (Å²) in [5.74, 6) is -0.816. The zero-order valence-corrected chi connectivity index (χ0v) is 12.6. The van der Waals surface area contributed by atoms with Gasteiger partial charge in [0, 0.05) is 12.1 Å². The van der Waals surface area contributed by atoms with Gasteiger partial charge in [-0.3, -0.25) is 9.59 Å². The van der Waals surface area contributed by atoms with Gasteiger partial charge in [-0.1, -0.05) is 56.7 Å². The van der Waals surface area contributed by atoms with E-state index in [1.165, 1.54) is 19.3 Å². The van der Waals surface area contributed by atoms with Crippen LogP contribution in [0.4, 0.5) is 5.69 Å². The van der Waals surface area contributed by atoms with E-state index in [0.717, 1.165) is 24.8 Å². The van der Waals surface area contributed by atoms with Gasteiger partial charge in [-0.25, -0.2) is 0 Å². The average Bonchev–Trinajstić information content (AvgIpc) is 2.45. The maximum atomic E-state index is 11.7. The number of Topliss-reactive ketones (excluding diaryl/α,β-unsaturated/α-hetero) is 1. The molecule has 3 nitrogen and oxygen atoms in total. The third-order valence-electron chi connectivity index (χ3n) is 3.32. The van der Waals surface area contributed by atoms with Gasteiger partial charge in [0.05, 0.1) is 0 Å². The molecular formula is C17H25NO2. The number of ketones is 1. The van der Waals surface area contributed by atoms with E-state index in [1.54, 1.807) is 0 Å². The lowest BCUT2D eigenvalue weighted by Crippen LogP contribution is -2.22. The Kier molecular flexibility index (Phi) is 7.63. The number of nitrogens with one attached hydrogen (secondary N) is 1. The Balaban J connectivity index is 2.22. The minimum atomic E-state index is -0.498. The molecular weight excluding hydrogens is 250 g/mol. The molecule has 0 atom stereocenters. The highest BCUT2D eigenvalue weighted by atomic mass is 16.2. The van der Waals surface area contributed by atoms with Crippen LogP contribution in [0.5, 0.6) is 0 Å². The van der Waals surface area contributed by atoms with Crippen LogP contribution < -0.4 is 5.32 Å². The van der Waals surface area contributed by atoms with E-state index in [2.05, 4.69) is 12.2 Å². The van der Waals surface area contributed by atoms with Crippen LogP contribution in [-0.4, -0.2) is 11.7 Å². The van der Waals surface area contributed by atoms with Crippen molar-refractivity contribution in [1.82, 2.24) is 0 Å². The van der Waals surface area contributed by atoms with Crippen molar-refractivity contribution in [3.05, 3.63) is 29.8 Å². The highest BCUT2D eigenvalue weighted by Gasteiger charge is 2.12. The third-order valence-corrected chi connectivity index (χ3v) is 3.32. The van der Waals surface area contributed by atoms with Gasteiger partial charge in [0.2, 0.25) is 5.78 Å². The number of carbonyl (C=O) groups is 2. The summed E-state index contributed by atoms with van der Waals surface area (Å²) >= 11 is 0. The van der Waals surface area contributed by atoms with Gasteiger partial charge in [0.1, 0.15) is 0 Å². The molecule has 0 aliphatic heterocycles. The lowest BCUT2D eigenvalue weighted by Gasteiger charge is -2.05. The van der Waals surface area contributed by atoms with E-state index in [-0.39, 0.29) is 5.78 Å². The summed E-state index contributed by atoms with van der Waals surface area (Å²) in [7, 11) is 0. The predicted octanol–water partition coefficient (Wildman–Crippen LogP) is 4.25. The molecule has 20 heavy (non-hydrogen) atoms. The number of unbranched alkanes of at least 4 members (excludes halogenated alkanes) is 5. The van der Waals surface area contributed by atoms with Gasteiger partial charge in [0.15, 0.2) is 0 Å². The molecule has 1 aromatic carbocycles. The Morgan fingerprint density at radius 3 is 2.20 bits per heavy atom. The van der Waals surface area contributed by atoms with Crippen molar-refractivity contribution < 1.29 is 9.59 Å². The molecule has 0 bridgehead atoms. The first-order chi connectivity index (χ1) is 9.63. The molecule has 3 heteroatoms. The van der Waals surface area contributed by atoms with Crippen LogP contribution in [0.2, 0.25) is 0 Å². The largest absolute Gasteiger partial charge is 0.319 e. The maximum absolute atomic E-state index is 11.7. The molecule has 0 spiro atoms. The van der Waals surface area contributed by atoms with Crippen molar-refractivity contribution in [2.45, 2.75) is 58.8 Å². The van der Waals surface area contributed by atoms with E-state index < -0.39 is 5.91 Å². The van der Waals surface area contributed by atoms with Gasteiger partial charge < -0.3 is 5.32 Å². The number of hydrogen-bond acceptors (Lipinski definition) is 2. The predicted molar refractivity (Wildman–Crippen MR) is 82.8 cm³/mol. The lowest BCUT2D eigenvalue weighted by molar-refractivity contribution is -0.134. The number of hydrogen-bond donors (Lipinski definition) is 1. The van der Waals surface area contributed by atoms with E-state index in [4.69, 9.17) is 0 Å². The molecule has 1 rings (SSSR count). The quantitative estimate of drug-likeness (QED) is 0.541. The smallest absolute Gasteiger partial charge is 0.291 e. The summed E-state index contributed by atoms with van der Waals surface area (Å²) in [6.07, 6.45) is 7.04. The van der Waals surface area contributed by atoms with Crippen LogP contribution in [0, 0.1) is 6.92 Å². The molecule has 0 aromatic heterocycles. The molecule has 1 N–H and O–H groups in total. The first-order valence-corrected chi connectivity index (χ1v) is 7.54. The molecule has 110 valence electrons. The van der Waals surface area contributed by atoms with E-state index in [9.17, 15) is 9.59 Å². The minimum absolute atomic E-state index is 0.318. The number of anilines is 1. The third kappa shape index (κ3) is 6.50. The second kappa shape index (κ2) is 9.29. The molecule has 0 aliphatic carbocycles. The summed E-state index contributed by atoms with van der Waals surface area (Å²) in [5.41, 5.74) is 1.80. The molecule has 0 fully saturated rings. The Hall–Kier alpha value is -1.64. The van der Waals surface area contributed by atoms with Crippen molar-refractivity contribution in [3.63, 3.8) is 0 Å². The highest BCUT2D eigenvalue weighted by Crippen LogP contribution is 2.10. The van der Waals surface area contributed by atoms with Crippen molar-refractivity contribution >= 4 is 17.4 Å². The fraction of sp³-hybridized carbons (Fsp3) is 0.529. The Bertz CT molecular complexity index is 423. The Morgan fingerprint density at radius 1 is 0.950 bits per heavy atom. The summed E-state index contributed by atoms with van der Waals surface area (Å²) < 4.78 is 0. The van der Waals surface area contributed by atoms with Gasteiger partial charge in [-0.05, 0) is 25.5 Å². The summed E-state index contributed by atoms with van der Waals surface area (Å²) in [4.78, 5) is 23.4. The molecule has 0 aliphatic rings. The standard InChI is InChI=1S/C17H25NO2/c1-3-4-5-6-7-8-9-16(19)17(20)18-15-12-10-14(2)11-13-15/h10-13H,3-9H2,1-2H3,(H,18,20). The lowest BCUT2D eigenvalue weighted by atomic mass is 10.1. The normalized spacial score (nSPS) is 10.3. The Morgan fingerprint density at radius 2 is 1.55 bits per heavy atom. The van der Waals surface area contributed by atoms with Crippen LogP contribution in [0.15, 0.2) is 24.3 Å².